The predicted molar refractivity (Wildman–Crippen MR) is 82.0 cm³/mol. The number of halogens is 2. The van der Waals surface area contributed by atoms with Crippen molar-refractivity contribution in [1.29, 1.82) is 0 Å². The van der Waals surface area contributed by atoms with E-state index in [-0.39, 0.29) is 5.82 Å². The van der Waals surface area contributed by atoms with Crippen molar-refractivity contribution in [3.8, 4) is 0 Å². The first-order valence-corrected chi connectivity index (χ1v) is 7.72. The van der Waals surface area contributed by atoms with Gasteiger partial charge in [0.25, 0.3) is 0 Å². The second-order valence-corrected chi connectivity index (χ2v) is 6.14. The molecule has 4 heteroatoms. The molecule has 2 aromatic carbocycles. The minimum Gasteiger partial charge on any atom is -0.313 e. The molecule has 19 heavy (non-hydrogen) atoms. The van der Waals surface area contributed by atoms with Crippen LogP contribution in [-0.2, 0) is 6.54 Å². The zero-order valence-corrected chi connectivity index (χ0v) is 13.0. The Morgan fingerprint density at radius 3 is 2.74 bits per heavy atom. The summed E-state index contributed by atoms with van der Waals surface area (Å²) in [6.07, 6.45) is 0. The first-order valence-electron chi connectivity index (χ1n) is 6.11. The molecule has 0 bridgehead atoms. The van der Waals surface area contributed by atoms with Gasteiger partial charge in [0.1, 0.15) is 5.82 Å². The zero-order valence-electron chi connectivity index (χ0n) is 10.6. The maximum atomic E-state index is 14.0. The van der Waals surface area contributed by atoms with E-state index in [1.54, 1.807) is 6.07 Å². The molecule has 0 spiro atoms. The van der Waals surface area contributed by atoms with Crippen LogP contribution in [0.25, 0.3) is 0 Å². The summed E-state index contributed by atoms with van der Waals surface area (Å²) < 4.78 is 15.0. The first kappa shape index (κ1) is 14.6. The Balaban J connectivity index is 2.13. The molecule has 1 N–H and O–H groups in total. The van der Waals surface area contributed by atoms with Crippen molar-refractivity contribution in [3.63, 3.8) is 0 Å². The Morgan fingerprint density at radius 2 is 2.05 bits per heavy atom. The molecule has 0 radical (unpaired) electrons. The number of nitrogens with one attached hydrogen (secondary N) is 1. The largest absolute Gasteiger partial charge is 0.313 e. The summed E-state index contributed by atoms with van der Waals surface area (Å²) in [5, 5.41) is 3.19. The molecule has 0 aliphatic rings. The van der Waals surface area contributed by atoms with Gasteiger partial charge in [0, 0.05) is 20.8 Å². The van der Waals surface area contributed by atoms with Crippen LogP contribution in [0.15, 0.2) is 56.7 Å². The lowest BCUT2D eigenvalue weighted by atomic mass is 10.2. The van der Waals surface area contributed by atoms with Crippen LogP contribution < -0.4 is 5.32 Å². The molecular weight excluding hydrogens is 325 g/mol. The Bertz CT molecular complexity index is 560. The molecule has 0 heterocycles. The van der Waals surface area contributed by atoms with Gasteiger partial charge < -0.3 is 5.32 Å². The summed E-state index contributed by atoms with van der Waals surface area (Å²) in [6.45, 7) is 3.62. The van der Waals surface area contributed by atoms with Crippen LogP contribution in [-0.4, -0.2) is 6.54 Å². The molecule has 0 aromatic heterocycles. The summed E-state index contributed by atoms with van der Waals surface area (Å²) in [5.41, 5.74) is 0.970. The van der Waals surface area contributed by atoms with Crippen molar-refractivity contribution in [1.82, 2.24) is 5.32 Å². The predicted octanol–water partition coefficient (Wildman–Crippen LogP) is 4.85. The number of rotatable bonds is 5. The van der Waals surface area contributed by atoms with E-state index in [9.17, 15) is 4.39 Å². The minimum absolute atomic E-state index is 0.166. The van der Waals surface area contributed by atoms with Gasteiger partial charge in [-0.05, 0) is 42.4 Å². The van der Waals surface area contributed by atoms with Gasteiger partial charge in [-0.1, -0.05) is 46.7 Å². The number of benzene rings is 2. The minimum atomic E-state index is -0.166. The third-order valence-electron chi connectivity index (χ3n) is 2.60. The maximum absolute atomic E-state index is 14.0. The van der Waals surface area contributed by atoms with Crippen LogP contribution >= 0.6 is 27.7 Å². The number of hydrogen-bond acceptors (Lipinski definition) is 2. The van der Waals surface area contributed by atoms with Gasteiger partial charge in [-0.15, -0.1) is 0 Å². The zero-order chi connectivity index (χ0) is 13.7. The molecule has 0 aliphatic carbocycles. The second kappa shape index (κ2) is 7.08. The van der Waals surface area contributed by atoms with Crippen LogP contribution in [0.4, 0.5) is 4.39 Å². The van der Waals surface area contributed by atoms with Gasteiger partial charge in [-0.25, -0.2) is 4.39 Å². The second-order valence-electron chi connectivity index (χ2n) is 4.10. The van der Waals surface area contributed by atoms with Crippen LogP contribution in [0, 0.1) is 5.82 Å². The molecule has 0 fully saturated rings. The van der Waals surface area contributed by atoms with E-state index in [2.05, 4.69) is 21.2 Å². The van der Waals surface area contributed by atoms with Crippen molar-refractivity contribution in [2.24, 2.45) is 0 Å². The highest BCUT2D eigenvalue weighted by molar-refractivity contribution is 9.10. The van der Waals surface area contributed by atoms with Crippen LogP contribution in [0.2, 0.25) is 0 Å². The van der Waals surface area contributed by atoms with Gasteiger partial charge in [-0.2, -0.15) is 0 Å². The lowest BCUT2D eigenvalue weighted by Crippen LogP contribution is -2.11. The summed E-state index contributed by atoms with van der Waals surface area (Å²) >= 11 is 4.85. The number of hydrogen-bond donors (Lipinski definition) is 1. The average Bonchev–Trinajstić information content (AvgIpc) is 2.39. The van der Waals surface area contributed by atoms with Crippen molar-refractivity contribution in [2.45, 2.75) is 23.3 Å². The molecule has 1 nitrogen and oxygen atoms in total. The van der Waals surface area contributed by atoms with E-state index >= 15 is 0 Å². The van der Waals surface area contributed by atoms with Gasteiger partial charge in [-0.3, -0.25) is 0 Å². The molecule has 0 unspecified atom stereocenters. The summed E-state index contributed by atoms with van der Waals surface area (Å²) in [4.78, 5) is 1.67. The lowest BCUT2D eigenvalue weighted by molar-refractivity contribution is 0.596. The van der Waals surface area contributed by atoms with E-state index in [4.69, 9.17) is 0 Å². The highest BCUT2D eigenvalue weighted by atomic mass is 79.9. The SMILES string of the molecule is CCNCc1ccc(Sc2cccc(Br)c2)c(F)c1. The molecule has 0 amide bonds. The Hall–Kier alpha value is -0.840. The van der Waals surface area contributed by atoms with Crippen molar-refractivity contribution < 1.29 is 4.39 Å². The molecule has 2 rings (SSSR count). The van der Waals surface area contributed by atoms with Gasteiger partial charge in [0.2, 0.25) is 0 Å². The molecule has 0 saturated heterocycles. The highest BCUT2D eigenvalue weighted by Crippen LogP contribution is 2.31. The fraction of sp³-hybridized carbons (Fsp3) is 0.200. The van der Waals surface area contributed by atoms with Gasteiger partial charge in [0.05, 0.1) is 0 Å². The summed E-state index contributed by atoms with van der Waals surface area (Å²) in [7, 11) is 0. The summed E-state index contributed by atoms with van der Waals surface area (Å²) in [6, 6.07) is 13.3. The van der Waals surface area contributed by atoms with Crippen molar-refractivity contribution >= 4 is 27.7 Å². The van der Waals surface area contributed by atoms with Gasteiger partial charge in [0.15, 0.2) is 0 Å². The molecule has 2 aromatic rings. The normalized spacial score (nSPS) is 10.7. The van der Waals surface area contributed by atoms with E-state index < -0.39 is 0 Å². The first-order chi connectivity index (χ1) is 9.19. The molecule has 100 valence electrons. The third kappa shape index (κ3) is 4.34. The van der Waals surface area contributed by atoms with Crippen molar-refractivity contribution in [3.05, 3.63) is 58.3 Å². The fourth-order valence-electron chi connectivity index (χ4n) is 1.66. The van der Waals surface area contributed by atoms with E-state index in [1.165, 1.54) is 11.8 Å². The molecular formula is C15H15BrFNS. The van der Waals surface area contributed by atoms with E-state index in [0.29, 0.717) is 11.4 Å². The average molecular weight is 340 g/mol. The quantitative estimate of drug-likeness (QED) is 0.835. The van der Waals surface area contributed by atoms with Crippen LogP contribution in [0.3, 0.4) is 0 Å². The topological polar surface area (TPSA) is 12.0 Å². The molecule has 0 saturated carbocycles. The van der Waals surface area contributed by atoms with Crippen LogP contribution in [0.1, 0.15) is 12.5 Å². The fourth-order valence-corrected chi connectivity index (χ4v) is 3.09. The molecule has 0 atom stereocenters. The monoisotopic (exact) mass is 339 g/mol. The summed E-state index contributed by atoms with van der Waals surface area (Å²) in [5.74, 6) is -0.166. The van der Waals surface area contributed by atoms with Gasteiger partial charge >= 0.3 is 0 Å². The highest BCUT2D eigenvalue weighted by Gasteiger charge is 2.06. The van der Waals surface area contributed by atoms with E-state index in [1.807, 2.05) is 43.3 Å². The Kier molecular flexibility index (Phi) is 5.43. The lowest BCUT2D eigenvalue weighted by Gasteiger charge is -2.07. The smallest absolute Gasteiger partial charge is 0.137 e. The maximum Gasteiger partial charge on any atom is 0.137 e. The Labute approximate surface area is 125 Å². The Morgan fingerprint density at radius 1 is 1.21 bits per heavy atom. The standard InChI is InChI=1S/C15H15BrFNS/c1-2-18-10-11-6-7-15(14(17)8-11)19-13-5-3-4-12(16)9-13/h3-9,18H,2,10H2,1H3. The molecule has 0 aliphatic heterocycles. The van der Waals surface area contributed by atoms with Crippen LogP contribution in [0.5, 0.6) is 0 Å². The van der Waals surface area contributed by atoms with Crippen molar-refractivity contribution in [2.75, 3.05) is 6.54 Å². The van der Waals surface area contributed by atoms with E-state index in [0.717, 1.165) is 21.5 Å². The third-order valence-corrected chi connectivity index (χ3v) is 4.13.